The summed E-state index contributed by atoms with van der Waals surface area (Å²) in [7, 11) is 0. The van der Waals surface area contributed by atoms with Crippen molar-refractivity contribution in [2.24, 2.45) is 10.5 Å². The standard InChI is InChI=1S/C15H19F3N4O.H2/c1-2-6-19-9-14(8-12-5-3-4-7-20-12)10-21-22(13(14)23)11-15(16,17)18;/h3-5,7,10,19H,2,6,8-9,11H2,1H3;1H/i;1+1. The third-order valence-electron chi connectivity index (χ3n) is 3.52. The van der Waals surface area contributed by atoms with Crippen LogP contribution >= 0.6 is 0 Å². The first-order chi connectivity index (χ1) is 10.9. The van der Waals surface area contributed by atoms with E-state index in [1.165, 1.54) is 6.21 Å². The van der Waals surface area contributed by atoms with E-state index in [4.69, 9.17) is 0 Å². The van der Waals surface area contributed by atoms with Crippen LogP contribution in [0.25, 0.3) is 0 Å². The summed E-state index contributed by atoms with van der Waals surface area (Å²) in [5.41, 5.74) is -0.492. The molecule has 0 aliphatic carbocycles. The predicted octanol–water partition coefficient (Wildman–Crippen LogP) is 2.25. The highest BCUT2D eigenvalue weighted by atomic mass is 19.4. The van der Waals surface area contributed by atoms with Crippen molar-refractivity contribution in [1.82, 2.24) is 15.3 Å². The molecule has 8 heteroatoms. The molecule has 1 aromatic heterocycles. The topological polar surface area (TPSA) is 57.6 Å². The molecule has 0 spiro atoms. The molecule has 23 heavy (non-hydrogen) atoms. The maximum atomic E-state index is 12.6. The number of alkyl halides is 3. The van der Waals surface area contributed by atoms with E-state index in [9.17, 15) is 18.0 Å². The van der Waals surface area contributed by atoms with Crippen LogP contribution in [-0.2, 0) is 11.2 Å². The number of nitrogens with one attached hydrogen (secondary N) is 1. The van der Waals surface area contributed by atoms with Crippen LogP contribution in [0.1, 0.15) is 20.5 Å². The van der Waals surface area contributed by atoms with Crippen molar-refractivity contribution in [2.45, 2.75) is 25.9 Å². The number of nitrogens with zero attached hydrogens (tertiary/aromatic N) is 3. The van der Waals surface area contributed by atoms with Crippen LogP contribution in [0.15, 0.2) is 29.5 Å². The van der Waals surface area contributed by atoms with Crippen molar-refractivity contribution in [1.29, 1.82) is 0 Å². The van der Waals surface area contributed by atoms with Gasteiger partial charge in [-0.2, -0.15) is 18.3 Å². The molecule has 5 nitrogen and oxygen atoms in total. The van der Waals surface area contributed by atoms with Gasteiger partial charge in [-0.25, -0.2) is 5.01 Å². The summed E-state index contributed by atoms with van der Waals surface area (Å²) in [6, 6.07) is 5.26. The zero-order valence-electron chi connectivity index (χ0n) is 12.8. The lowest BCUT2D eigenvalue weighted by Gasteiger charge is -2.26. The van der Waals surface area contributed by atoms with Gasteiger partial charge in [0.1, 0.15) is 12.0 Å². The number of amides is 1. The van der Waals surface area contributed by atoms with Crippen LogP contribution in [0.4, 0.5) is 13.2 Å². The molecule has 0 bridgehead atoms. The molecule has 1 N–H and O–H groups in total. The molecule has 0 saturated heterocycles. The first-order valence-corrected chi connectivity index (χ1v) is 7.41. The van der Waals surface area contributed by atoms with Crippen molar-refractivity contribution in [3.63, 3.8) is 0 Å². The Balaban J connectivity index is 0.00000288. The van der Waals surface area contributed by atoms with Crippen molar-refractivity contribution in [3.05, 3.63) is 30.1 Å². The second-order valence-electron chi connectivity index (χ2n) is 5.55. The number of rotatable bonds is 7. The summed E-state index contributed by atoms with van der Waals surface area (Å²) >= 11 is 0. The van der Waals surface area contributed by atoms with Gasteiger partial charge in [-0.15, -0.1) is 0 Å². The Morgan fingerprint density at radius 3 is 2.78 bits per heavy atom. The van der Waals surface area contributed by atoms with Crippen molar-refractivity contribution in [3.8, 4) is 0 Å². The molecule has 2 heterocycles. The van der Waals surface area contributed by atoms with Crippen molar-refractivity contribution < 1.29 is 19.4 Å². The number of aromatic nitrogens is 1. The van der Waals surface area contributed by atoms with E-state index in [0.29, 0.717) is 17.2 Å². The predicted molar refractivity (Wildman–Crippen MR) is 81.9 cm³/mol. The van der Waals surface area contributed by atoms with Gasteiger partial charge in [0, 0.05) is 32.5 Å². The van der Waals surface area contributed by atoms with Gasteiger partial charge in [-0.3, -0.25) is 9.78 Å². The fraction of sp³-hybridized carbons (Fsp3) is 0.533. The zero-order chi connectivity index (χ0) is 16.9. The van der Waals surface area contributed by atoms with E-state index >= 15 is 0 Å². The number of hydrogen-bond donors (Lipinski definition) is 1. The highest BCUT2D eigenvalue weighted by Gasteiger charge is 2.47. The van der Waals surface area contributed by atoms with Gasteiger partial charge >= 0.3 is 6.18 Å². The van der Waals surface area contributed by atoms with Gasteiger partial charge in [0.2, 0.25) is 0 Å². The third-order valence-corrected chi connectivity index (χ3v) is 3.52. The summed E-state index contributed by atoms with van der Waals surface area (Å²) < 4.78 is 37.7. The van der Waals surface area contributed by atoms with Gasteiger partial charge in [0.15, 0.2) is 0 Å². The second kappa shape index (κ2) is 7.08. The maximum absolute atomic E-state index is 12.6. The highest BCUT2D eigenvalue weighted by molar-refractivity contribution is 6.02. The average molecular weight is 331 g/mol. The molecule has 128 valence electrons. The molecule has 1 aromatic rings. The first-order valence-electron chi connectivity index (χ1n) is 7.41. The molecule has 0 radical (unpaired) electrons. The molecule has 1 amide bonds. The summed E-state index contributed by atoms with van der Waals surface area (Å²) in [5.74, 6) is -0.649. The molecule has 0 fully saturated rings. The van der Waals surface area contributed by atoms with Gasteiger partial charge in [0.25, 0.3) is 5.91 Å². The molecule has 0 aromatic carbocycles. The fourth-order valence-corrected chi connectivity index (χ4v) is 2.45. The first kappa shape index (κ1) is 17.4. The lowest BCUT2D eigenvalue weighted by molar-refractivity contribution is -0.163. The minimum atomic E-state index is -4.48. The van der Waals surface area contributed by atoms with Crippen LogP contribution in [0.3, 0.4) is 0 Å². The quantitative estimate of drug-likeness (QED) is 0.780. The largest absolute Gasteiger partial charge is 0.408 e. The van der Waals surface area contributed by atoms with Crippen molar-refractivity contribution >= 4 is 12.1 Å². The molecule has 2 rings (SSSR count). The lowest BCUT2D eigenvalue weighted by atomic mass is 9.83. The molecular formula is C15H21F3N4O. The van der Waals surface area contributed by atoms with Crippen LogP contribution in [0, 0.1) is 5.41 Å². The Bertz CT molecular complexity index is 568. The van der Waals surface area contributed by atoms with Gasteiger partial charge in [-0.1, -0.05) is 13.0 Å². The highest BCUT2D eigenvalue weighted by Crippen LogP contribution is 2.30. The number of carbonyl (C=O) groups excluding carboxylic acids is 1. The van der Waals surface area contributed by atoms with E-state index < -0.39 is 24.0 Å². The second-order valence-corrected chi connectivity index (χ2v) is 5.55. The van der Waals surface area contributed by atoms with Gasteiger partial charge in [-0.05, 0) is 25.1 Å². The third kappa shape index (κ3) is 4.51. The van der Waals surface area contributed by atoms with E-state index in [0.717, 1.165) is 6.42 Å². The van der Waals surface area contributed by atoms with Crippen LogP contribution in [-0.4, -0.2) is 47.9 Å². The van der Waals surface area contributed by atoms with E-state index in [1.54, 1.807) is 24.4 Å². The van der Waals surface area contributed by atoms with Crippen molar-refractivity contribution in [2.75, 3.05) is 19.6 Å². The Kier molecular flexibility index (Phi) is 5.35. The Hall–Kier alpha value is -1.96. The molecule has 1 aliphatic heterocycles. The summed E-state index contributed by atoms with van der Waals surface area (Å²) in [6.45, 7) is 1.50. The molecule has 1 aliphatic rings. The Morgan fingerprint density at radius 2 is 2.17 bits per heavy atom. The number of hydrazone groups is 1. The zero-order valence-corrected chi connectivity index (χ0v) is 12.8. The van der Waals surface area contributed by atoms with Crippen LogP contribution in [0.2, 0.25) is 0 Å². The summed E-state index contributed by atoms with van der Waals surface area (Å²) in [4.78, 5) is 16.7. The number of halogens is 3. The van der Waals surface area contributed by atoms with E-state index in [1.807, 2.05) is 6.92 Å². The van der Waals surface area contributed by atoms with Gasteiger partial charge in [0.05, 0.1) is 0 Å². The fourth-order valence-electron chi connectivity index (χ4n) is 2.45. The smallest absolute Gasteiger partial charge is 0.315 e. The Labute approximate surface area is 134 Å². The summed E-state index contributed by atoms with van der Waals surface area (Å²) in [5, 5.41) is 7.30. The lowest BCUT2D eigenvalue weighted by Crippen LogP contribution is -2.47. The maximum Gasteiger partial charge on any atom is 0.408 e. The monoisotopic (exact) mass is 331 g/mol. The minimum Gasteiger partial charge on any atom is -0.315 e. The average Bonchev–Trinajstić information content (AvgIpc) is 2.77. The van der Waals surface area contributed by atoms with Crippen LogP contribution in [0.5, 0.6) is 0 Å². The van der Waals surface area contributed by atoms with E-state index in [-0.39, 0.29) is 14.4 Å². The summed E-state index contributed by atoms with van der Waals surface area (Å²) in [6.07, 6.45) is -0.506. The molecule has 0 saturated carbocycles. The number of hydrogen-bond acceptors (Lipinski definition) is 4. The Morgan fingerprint density at radius 1 is 1.39 bits per heavy atom. The normalized spacial score (nSPS) is 21.2. The van der Waals surface area contributed by atoms with E-state index in [2.05, 4.69) is 15.4 Å². The number of pyridine rings is 1. The van der Waals surface area contributed by atoms with Gasteiger partial charge < -0.3 is 5.32 Å². The molecule has 1 atom stereocenters. The number of carbonyl (C=O) groups is 1. The molecule has 1 unspecified atom stereocenters. The van der Waals surface area contributed by atoms with Crippen LogP contribution < -0.4 is 5.32 Å². The minimum absolute atomic E-state index is 0. The SMILES string of the molecule is CCCNCC1(Cc2ccccn2)C=NN(CC(F)(F)F)C1=O.[2HH]. The molecular weight excluding hydrogens is 309 g/mol.